The van der Waals surface area contributed by atoms with Crippen LogP contribution in [-0.2, 0) is 20.9 Å². The van der Waals surface area contributed by atoms with Gasteiger partial charge in [-0.15, -0.1) is 0 Å². The molecule has 146 valence electrons. The average molecular weight is 381 g/mol. The first-order valence-electron chi connectivity index (χ1n) is 9.28. The van der Waals surface area contributed by atoms with E-state index in [1.807, 2.05) is 30.3 Å². The Morgan fingerprint density at radius 3 is 2.64 bits per heavy atom. The Balaban J connectivity index is 1.57. The summed E-state index contributed by atoms with van der Waals surface area (Å²) in [7, 11) is 1.52. The van der Waals surface area contributed by atoms with Gasteiger partial charge in [-0.2, -0.15) is 0 Å². The zero-order valence-electron chi connectivity index (χ0n) is 15.8. The van der Waals surface area contributed by atoms with E-state index in [1.165, 1.54) is 12.0 Å². The molecule has 2 aromatic carbocycles. The lowest BCUT2D eigenvalue weighted by Gasteiger charge is -2.23. The van der Waals surface area contributed by atoms with Gasteiger partial charge in [-0.25, -0.2) is 0 Å². The fourth-order valence-electron chi connectivity index (χ4n) is 3.29. The lowest BCUT2D eigenvalue weighted by Crippen LogP contribution is -2.39. The summed E-state index contributed by atoms with van der Waals surface area (Å²) in [5.74, 6) is -0.352. The molecule has 6 heteroatoms. The highest BCUT2D eigenvalue weighted by atomic mass is 16.5. The first-order valence-corrected chi connectivity index (χ1v) is 9.28. The standard InChI is InChI=1S/C22H23NO5/c1-27-19-9-5-8-17(14-19)22(26)23-18(10-12-20(23)24)11-13-21(25)28-15-16-6-3-2-4-7-16/h2-9,14,18H,10-13,15H2,1H3. The number of amides is 2. The molecule has 28 heavy (non-hydrogen) atoms. The summed E-state index contributed by atoms with van der Waals surface area (Å²) in [4.78, 5) is 38.4. The molecule has 0 bridgehead atoms. The van der Waals surface area contributed by atoms with Crippen molar-refractivity contribution in [3.8, 4) is 5.75 Å². The molecule has 0 N–H and O–H groups in total. The molecule has 1 fully saturated rings. The molecule has 1 saturated heterocycles. The van der Waals surface area contributed by atoms with Crippen molar-refractivity contribution in [2.75, 3.05) is 7.11 Å². The van der Waals surface area contributed by atoms with E-state index in [0.717, 1.165) is 5.56 Å². The number of carbonyl (C=O) groups excluding carboxylic acids is 3. The van der Waals surface area contributed by atoms with Gasteiger partial charge in [-0.3, -0.25) is 19.3 Å². The number of benzene rings is 2. The van der Waals surface area contributed by atoms with E-state index < -0.39 is 0 Å². The molecular weight excluding hydrogens is 358 g/mol. The van der Waals surface area contributed by atoms with Gasteiger partial charge in [0.15, 0.2) is 0 Å². The molecule has 2 aromatic rings. The van der Waals surface area contributed by atoms with E-state index in [4.69, 9.17) is 9.47 Å². The van der Waals surface area contributed by atoms with E-state index >= 15 is 0 Å². The fourth-order valence-corrected chi connectivity index (χ4v) is 3.29. The smallest absolute Gasteiger partial charge is 0.306 e. The van der Waals surface area contributed by atoms with Crippen LogP contribution in [0.5, 0.6) is 5.75 Å². The maximum atomic E-state index is 12.8. The zero-order chi connectivity index (χ0) is 19.9. The number of likely N-dealkylation sites (tertiary alicyclic amines) is 1. The summed E-state index contributed by atoms with van der Waals surface area (Å²) in [5.41, 5.74) is 1.31. The van der Waals surface area contributed by atoms with Gasteiger partial charge < -0.3 is 9.47 Å². The summed E-state index contributed by atoms with van der Waals surface area (Å²) in [5, 5.41) is 0. The minimum absolute atomic E-state index is 0.159. The number of rotatable bonds is 7. The van der Waals surface area contributed by atoms with Crippen molar-refractivity contribution >= 4 is 17.8 Å². The van der Waals surface area contributed by atoms with Crippen molar-refractivity contribution in [3.63, 3.8) is 0 Å². The average Bonchev–Trinajstić information content (AvgIpc) is 3.11. The fraction of sp³-hybridized carbons (Fsp3) is 0.318. The number of hydrogen-bond donors (Lipinski definition) is 0. The van der Waals surface area contributed by atoms with Crippen LogP contribution in [0.15, 0.2) is 54.6 Å². The quantitative estimate of drug-likeness (QED) is 0.543. The molecule has 1 aliphatic heterocycles. The molecule has 3 rings (SSSR count). The van der Waals surface area contributed by atoms with Crippen LogP contribution in [0.1, 0.15) is 41.6 Å². The second kappa shape index (κ2) is 9.17. The van der Waals surface area contributed by atoms with Crippen molar-refractivity contribution < 1.29 is 23.9 Å². The van der Waals surface area contributed by atoms with Gasteiger partial charge in [0.1, 0.15) is 12.4 Å². The molecule has 0 radical (unpaired) electrons. The Bertz CT molecular complexity index is 849. The second-order valence-electron chi connectivity index (χ2n) is 6.68. The molecule has 6 nitrogen and oxygen atoms in total. The van der Waals surface area contributed by atoms with E-state index in [0.29, 0.717) is 30.6 Å². The molecule has 1 heterocycles. The SMILES string of the molecule is COc1cccc(C(=O)N2C(=O)CCC2CCC(=O)OCc2ccccc2)c1. The highest BCUT2D eigenvalue weighted by molar-refractivity contribution is 6.06. The number of imide groups is 1. The van der Waals surface area contributed by atoms with Gasteiger partial charge in [-0.1, -0.05) is 36.4 Å². The summed E-state index contributed by atoms with van der Waals surface area (Å²) in [6.45, 7) is 0.218. The maximum absolute atomic E-state index is 12.8. The van der Waals surface area contributed by atoms with Crippen LogP contribution in [0.4, 0.5) is 0 Å². The third kappa shape index (κ3) is 4.76. The van der Waals surface area contributed by atoms with Crippen LogP contribution >= 0.6 is 0 Å². The lowest BCUT2D eigenvalue weighted by molar-refractivity contribution is -0.145. The van der Waals surface area contributed by atoms with Crippen LogP contribution in [0.3, 0.4) is 0 Å². The highest BCUT2D eigenvalue weighted by Crippen LogP contribution is 2.26. The monoisotopic (exact) mass is 381 g/mol. The van der Waals surface area contributed by atoms with Crippen molar-refractivity contribution in [2.45, 2.75) is 38.3 Å². The summed E-state index contributed by atoms with van der Waals surface area (Å²) < 4.78 is 10.4. The lowest BCUT2D eigenvalue weighted by atomic mass is 10.1. The van der Waals surface area contributed by atoms with Crippen LogP contribution in [0.2, 0.25) is 0 Å². The zero-order valence-corrected chi connectivity index (χ0v) is 15.8. The highest BCUT2D eigenvalue weighted by Gasteiger charge is 2.36. The largest absolute Gasteiger partial charge is 0.497 e. The number of nitrogens with zero attached hydrogens (tertiary/aromatic N) is 1. The van der Waals surface area contributed by atoms with Crippen molar-refractivity contribution in [1.82, 2.24) is 4.90 Å². The minimum atomic E-state index is -0.357. The summed E-state index contributed by atoms with van der Waals surface area (Å²) >= 11 is 0. The molecular formula is C22H23NO5. The summed E-state index contributed by atoms with van der Waals surface area (Å²) in [6, 6.07) is 15.9. The third-order valence-corrected chi connectivity index (χ3v) is 4.79. The first kappa shape index (κ1) is 19.6. The normalized spacial score (nSPS) is 16.1. The van der Waals surface area contributed by atoms with Gasteiger partial charge in [0.2, 0.25) is 5.91 Å². The number of methoxy groups -OCH3 is 1. The maximum Gasteiger partial charge on any atom is 0.306 e. The van der Waals surface area contributed by atoms with Crippen molar-refractivity contribution in [1.29, 1.82) is 0 Å². The number of hydrogen-bond acceptors (Lipinski definition) is 5. The molecule has 0 aliphatic carbocycles. The second-order valence-corrected chi connectivity index (χ2v) is 6.68. The van der Waals surface area contributed by atoms with Crippen LogP contribution in [-0.4, -0.2) is 35.8 Å². The predicted molar refractivity (Wildman–Crippen MR) is 103 cm³/mol. The van der Waals surface area contributed by atoms with E-state index in [1.54, 1.807) is 24.3 Å². The Kier molecular flexibility index (Phi) is 6.42. The molecule has 1 unspecified atom stereocenters. The van der Waals surface area contributed by atoms with Crippen LogP contribution in [0.25, 0.3) is 0 Å². The molecule has 0 spiro atoms. The van der Waals surface area contributed by atoms with E-state index in [9.17, 15) is 14.4 Å². The van der Waals surface area contributed by atoms with Gasteiger partial charge in [0.05, 0.1) is 7.11 Å². The number of esters is 1. The minimum Gasteiger partial charge on any atom is -0.497 e. The molecule has 2 amide bonds. The predicted octanol–water partition coefficient (Wildman–Crippen LogP) is 3.35. The molecule has 1 aliphatic rings. The third-order valence-electron chi connectivity index (χ3n) is 4.79. The van der Waals surface area contributed by atoms with Crippen molar-refractivity contribution in [2.24, 2.45) is 0 Å². The van der Waals surface area contributed by atoms with Gasteiger partial charge in [0, 0.05) is 24.4 Å². The topological polar surface area (TPSA) is 72.9 Å². The van der Waals surface area contributed by atoms with Crippen molar-refractivity contribution in [3.05, 3.63) is 65.7 Å². The van der Waals surface area contributed by atoms with Gasteiger partial charge >= 0.3 is 5.97 Å². The first-order chi connectivity index (χ1) is 13.6. The molecule has 1 atom stereocenters. The number of ether oxygens (including phenoxy) is 2. The van der Waals surface area contributed by atoms with Gasteiger partial charge in [0.25, 0.3) is 5.91 Å². The van der Waals surface area contributed by atoms with Crippen LogP contribution < -0.4 is 4.74 Å². The van der Waals surface area contributed by atoms with E-state index in [-0.39, 0.29) is 36.9 Å². The molecule has 0 saturated carbocycles. The van der Waals surface area contributed by atoms with Gasteiger partial charge in [-0.05, 0) is 36.6 Å². The van der Waals surface area contributed by atoms with E-state index in [2.05, 4.69) is 0 Å². The summed E-state index contributed by atoms with van der Waals surface area (Å²) in [6.07, 6.45) is 1.42. The number of carbonyl (C=O) groups is 3. The molecule has 0 aromatic heterocycles. The Morgan fingerprint density at radius 1 is 1.11 bits per heavy atom. The Labute approximate surface area is 164 Å². The van der Waals surface area contributed by atoms with Crippen LogP contribution in [0, 0.1) is 0 Å². The Hall–Kier alpha value is -3.15. The Morgan fingerprint density at radius 2 is 1.89 bits per heavy atom.